The van der Waals surface area contributed by atoms with Crippen molar-refractivity contribution in [2.75, 3.05) is 18.4 Å². The summed E-state index contributed by atoms with van der Waals surface area (Å²) < 4.78 is 0.614. The highest BCUT2D eigenvalue weighted by Crippen LogP contribution is 2.21. The summed E-state index contributed by atoms with van der Waals surface area (Å²) in [7, 11) is 0. The molecule has 0 aliphatic heterocycles. The molecule has 22 heavy (non-hydrogen) atoms. The van der Waals surface area contributed by atoms with Crippen LogP contribution in [0.2, 0.25) is 4.34 Å². The van der Waals surface area contributed by atoms with Crippen LogP contribution in [0.5, 0.6) is 0 Å². The number of halogens is 1. The van der Waals surface area contributed by atoms with Crippen LogP contribution in [0.25, 0.3) is 10.9 Å². The predicted octanol–water partition coefficient (Wildman–Crippen LogP) is 3.79. The predicted molar refractivity (Wildman–Crippen MR) is 91.9 cm³/mol. The molecule has 4 nitrogen and oxygen atoms in total. The minimum atomic E-state index is -0.106. The van der Waals surface area contributed by atoms with Crippen LogP contribution >= 0.6 is 22.9 Å². The molecule has 0 unspecified atom stereocenters. The maximum Gasteiger partial charge on any atom is 0.261 e. The van der Waals surface area contributed by atoms with Crippen molar-refractivity contribution in [1.29, 1.82) is 0 Å². The van der Waals surface area contributed by atoms with Gasteiger partial charge in [0, 0.05) is 18.5 Å². The smallest absolute Gasteiger partial charge is 0.261 e. The minimum absolute atomic E-state index is 0.106. The van der Waals surface area contributed by atoms with E-state index in [1.165, 1.54) is 11.3 Å². The molecule has 2 N–H and O–H groups in total. The summed E-state index contributed by atoms with van der Waals surface area (Å²) in [4.78, 5) is 17.0. The van der Waals surface area contributed by atoms with Crippen LogP contribution in [0.3, 0.4) is 0 Å². The van der Waals surface area contributed by atoms with Gasteiger partial charge in [0.05, 0.1) is 14.7 Å². The molecule has 6 heteroatoms. The molecule has 0 aliphatic rings. The number of benzene rings is 1. The second-order valence-corrected chi connectivity index (χ2v) is 6.39. The lowest BCUT2D eigenvalue weighted by Gasteiger charge is -2.07. The first-order valence-corrected chi connectivity index (χ1v) is 8.05. The Kier molecular flexibility index (Phi) is 4.56. The first-order valence-electron chi connectivity index (χ1n) is 6.85. The van der Waals surface area contributed by atoms with E-state index in [1.54, 1.807) is 12.1 Å². The van der Waals surface area contributed by atoms with Crippen LogP contribution in [0, 0.1) is 0 Å². The molecular weight excluding hydrogens is 318 g/mol. The Balaban J connectivity index is 1.51. The van der Waals surface area contributed by atoms with Gasteiger partial charge in [0.1, 0.15) is 5.82 Å². The molecule has 0 spiro atoms. The molecule has 0 atom stereocenters. The number of thiophene rings is 1. The van der Waals surface area contributed by atoms with Crippen molar-refractivity contribution in [1.82, 2.24) is 10.3 Å². The van der Waals surface area contributed by atoms with Crippen LogP contribution in [-0.2, 0) is 0 Å². The van der Waals surface area contributed by atoms with E-state index < -0.39 is 0 Å². The van der Waals surface area contributed by atoms with Crippen molar-refractivity contribution in [3.8, 4) is 0 Å². The van der Waals surface area contributed by atoms with Gasteiger partial charge in [-0.3, -0.25) is 4.79 Å². The van der Waals surface area contributed by atoms with Crippen molar-refractivity contribution in [2.45, 2.75) is 0 Å². The number of hydrogen-bond acceptors (Lipinski definition) is 4. The highest BCUT2D eigenvalue weighted by Gasteiger charge is 2.07. The summed E-state index contributed by atoms with van der Waals surface area (Å²) in [5, 5.41) is 7.15. The first kappa shape index (κ1) is 14.8. The van der Waals surface area contributed by atoms with E-state index in [2.05, 4.69) is 15.6 Å². The Labute approximate surface area is 137 Å². The van der Waals surface area contributed by atoms with Gasteiger partial charge in [-0.2, -0.15) is 0 Å². The van der Waals surface area contributed by atoms with Gasteiger partial charge in [0.2, 0.25) is 0 Å². The third kappa shape index (κ3) is 3.55. The Morgan fingerprint density at radius 2 is 1.95 bits per heavy atom. The van der Waals surface area contributed by atoms with Crippen LogP contribution in [0.4, 0.5) is 5.82 Å². The summed E-state index contributed by atoms with van der Waals surface area (Å²) in [6.07, 6.45) is 0. The molecule has 2 heterocycles. The molecule has 3 rings (SSSR count). The van der Waals surface area contributed by atoms with E-state index in [0.29, 0.717) is 22.3 Å². The van der Waals surface area contributed by atoms with Crippen molar-refractivity contribution in [3.05, 3.63) is 57.7 Å². The summed E-state index contributed by atoms with van der Waals surface area (Å²) in [6, 6.07) is 15.4. The second-order valence-electron chi connectivity index (χ2n) is 4.68. The van der Waals surface area contributed by atoms with Crippen LogP contribution in [0.1, 0.15) is 9.67 Å². The van der Waals surface area contributed by atoms with E-state index >= 15 is 0 Å². The molecule has 1 amide bonds. The molecule has 1 aromatic carbocycles. The Hall–Kier alpha value is -2.11. The van der Waals surface area contributed by atoms with Crippen molar-refractivity contribution in [3.63, 3.8) is 0 Å². The lowest BCUT2D eigenvalue weighted by atomic mass is 10.2. The Bertz CT molecular complexity index is 803. The number of hydrogen-bond donors (Lipinski definition) is 2. The average molecular weight is 332 g/mol. The number of aromatic nitrogens is 1. The summed E-state index contributed by atoms with van der Waals surface area (Å²) in [5.74, 6) is 0.692. The number of amides is 1. The number of nitrogens with zero attached hydrogens (tertiary/aromatic N) is 1. The zero-order valence-corrected chi connectivity index (χ0v) is 13.2. The van der Waals surface area contributed by atoms with Gasteiger partial charge >= 0.3 is 0 Å². The van der Waals surface area contributed by atoms with Gasteiger partial charge in [0.15, 0.2) is 0 Å². The van der Waals surface area contributed by atoms with Gasteiger partial charge in [-0.05, 0) is 30.3 Å². The van der Waals surface area contributed by atoms with Crippen molar-refractivity contribution in [2.24, 2.45) is 0 Å². The second kappa shape index (κ2) is 6.77. The quantitative estimate of drug-likeness (QED) is 0.699. The van der Waals surface area contributed by atoms with Gasteiger partial charge in [-0.1, -0.05) is 29.8 Å². The Morgan fingerprint density at radius 1 is 1.09 bits per heavy atom. The third-order valence-electron chi connectivity index (χ3n) is 3.11. The van der Waals surface area contributed by atoms with E-state index in [-0.39, 0.29) is 5.91 Å². The lowest BCUT2D eigenvalue weighted by Crippen LogP contribution is -2.28. The molecular formula is C16H14ClN3OS. The number of para-hydroxylation sites is 1. The molecule has 0 bridgehead atoms. The van der Waals surface area contributed by atoms with E-state index in [9.17, 15) is 4.79 Å². The largest absolute Gasteiger partial charge is 0.368 e. The third-order valence-corrected chi connectivity index (χ3v) is 4.34. The van der Waals surface area contributed by atoms with Crippen molar-refractivity contribution < 1.29 is 4.79 Å². The highest BCUT2D eigenvalue weighted by molar-refractivity contribution is 7.17. The van der Waals surface area contributed by atoms with Gasteiger partial charge in [-0.15, -0.1) is 11.3 Å². The summed E-state index contributed by atoms with van der Waals surface area (Å²) >= 11 is 7.08. The van der Waals surface area contributed by atoms with E-state index in [1.807, 2.05) is 36.4 Å². The molecule has 3 aromatic rings. The average Bonchev–Trinajstić information content (AvgIpc) is 2.98. The van der Waals surface area contributed by atoms with Gasteiger partial charge in [0.25, 0.3) is 5.91 Å². The zero-order valence-electron chi connectivity index (χ0n) is 11.7. The number of carbonyl (C=O) groups is 1. The Morgan fingerprint density at radius 3 is 2.77 bits per heavy atom. The molecule has 0 saturated carbocycles. The zero-order chi connectivity index (χ0) is 15.4. The van der Waals surface area contributed by atoms with E-state index in [4.69, 9.17) is 11.6 Å². The number of fused-ring (bicyclic) bond motifs is 1. The molecule has 112 valence electrons. The fourth-order valence-electron chi connectivity index (χ4n) is 2.05. The summed E-state index contributed by atoms with van der Waals surface area (Å²) in [6.45, 7) is 1.12. The maximum absolute atomic E-state index is 11.8. The topological polar surface area (TPSA) is 54.0 Å². The number of pyridine rings is 1. The van der Waals surface area contributed by atoms with Gasteiger partial charge < -0.3 is 10.6 Å². The minimum Gasteiger partial charge on any atom is -0.368 e. The number of carbonyl (C=O) groups excluding carboxylic acids is 1. The fraction of sp³-hybridized carbons (Fsp3) is 0.125. The molecule has 0 aliphatic carbocycles. The fourth-order valence-corrected chi connectivity index (χ4v) is 3.01. The standard InChI is InChI=1S/C16H14ClN3OS/c17-14-7-6-13(22-14)16(21)19-10-9-18-15-8-5-11-3-1-2-4-12(11)20-15/h1-8H,9-10H2,(H,18,20)(H,19,21). The lowest BCUT2D eigenvalue weighted by molar-refractivity contribution is 0.0959. The van der Waals surface area contributed by atoms with Crippen LogP contribution in [0.15, 0.2) is 48.5 Å². The number of rotatable bonds is 5. The van der Waals surface area contributed by atoms with Gasteiger partial charge in [-0.25, -0.2) is 4.98 Å². The normalized spacial score (nSPS) is 10.6. The van der Waals surface area contributed by atoms with Crippen LogP contribution in [-0.4, -0.2) is 24.0 Å². The monoisotopic (exact) mass is 331 g/mol. The van der Waals surface area contributed by atoms with Crippen LogP contribution < -0.4 is 10.6 Å². The van der Waals surface area contributed by atoms with Crippen molar-refractivity contribution >= 4 is 45.6 Å². The molecule has 0 radical (unpaired) electrons. The van der Waals surface area contributed by atoms with E-state index in [0.717, 1.165) is 16.7 Å². The summed E-state index contributed by atoms with van der Waals surface area (Å²) in [5.41, 5.74) is 0.949. The highest BCUT2D eigenvalue weighted by atomic mass is 35.5. The first-order chi connectivity index (χ1) is 10.7. The maximum atomic E-state index is 11.8. The SMILES string of the molecule is O=C(NCCNc1ccc2ccccc2n1)c1ccc(Cl)s1. The molecule has 2 aromatic heterocycles. The number of nitrogens with one attached hydrogen (secondary N) is 2. The molecule has 0 saturated heterocycles. The molecule has 0 fully saturated rings. The number of anilines is 1.